The molecule has 0 unspecified atom stereocenters. The zero-order chi connectivity index (χ0) is 13.2. The van der Waals surface area contributed by atoms with Gasteiger partial charge in [-0.25, -0.2) is 17.9 Å². The first kappa shape index (κ1) is 14.1. The van der Waals surface area contributed by atoms with Gasteiger partial charge in [0, 0.05) is 0 Å². The fourth-order valence-electron chi connectivity index (χ4n) is 1.41. The Balaban J connectivity index is 3.26. The van der Waals surface area contributed by atoms with E-state index in [1.807, 2.05) is 13.8 Å². The summed E-state index contributed by atoms with van der Waals surface area (Å²) in [6.45, 7) is 3.91. The van der Waals surface area contributed by atoms with Gasteiger partial charge in [0.15, 0.2) is 0 Å². The molecule has 0 atom stereocenters. The summed E-state index contributed by atoms with van der Waals surface area (Å²) in [5, 5.41) is 9.03. The minimum Gasteiger partial charge on any atom is -0.477 e. The molecule has 0 radical (unpaired) electrons. The predicted molar refractivity (Wildman–Crippen MR) is 66.1 cm³/mol. The van der Waals surface area contributed by atoms with Gasteiger partial charge in [0.2, 0.25) is 10.0 Å². The highest BCUT2D eigenvalue weighted by Gasteiger charge is 2.22. The Morgan fingerprint density at radius 2 is 2.12 bits per heavy atom. The van der Waals surface area contributed by atoms with Crippen molar-refractivity contribution in [2.75, 3.05) is 7.05 Å². The lowest BCUT2D eigenvalue weighted by Crippen LogP contribution is -2.17. The Kier molecular flexibility index (Phi) is 4.29. The summed E-state index contributed by atoms with van der Waals surface area (Å²) in [6.07, 6.45) is 0.553. The minimum absolute atomic E-state index is 0.0491. The molecule has 0 aromatic carbocycles. The molecular weight excluding hydrogens is 262 g/mol. The smallest absolute Gasteiger partial charge is 0.346 e. The normalized spacial score (nSPS) is 12.0. The molecule has 0 amide bonds. The van der Waals surface area contributed by atoms with Crippen LogP contribution in [-0.4, -0.2) is 26.5 Å². The summed E-state index contributed by atoms with van der Waals surface area (Å²) in [7, 11) is -2.26. The zero-order valence-electron chi connectivity index (χ0n) is 9.85. The fraction of sp³-hybridized carbons (Fsp3) is 0.500. The first-order valence-corrected chi connectivity index (χ1v) is 7.37. The van der Waals surface area contributed by atoms with Gasteiger partial charge >= 0.3 is 5.97 Å². The number of carboxylic acids is 1. The number of nitrogens with one attached hydrogen (secondary N) is 1. The summed E-state index contributed by atoms with van der Waals surface area (Å²) < 4.78 is 25.4. The van der Waals surface area contributed by atoms with Crippen LogP contribution in [0.2, 0.25) is 0 Å². The summed E-state index contributed by atoms with van der Waals surface area (Å²) >= 11 is 0.791. The van der Waals surface area contributed by atoms with Crippen LogP contribution in [-0.2, 0) is 16.4 Å². The van der Waals surface area contributed by atoms with Crippen molar-refractivity contribution in [3.05, 3.63) is 16.5 Å². The van der Waals surface area contributed by atoms with E-state index in [1.54, 1.807) is 0 Å². The quantitative estimate of drug-likeness (QED) is 0.855. The SMILES string of the molecule is CNS(=O)(=O)c1cc(CC(C)C)c(C(=O)O)s1. The number of hydrogen-bond acceptors (Lipinski definition) is 4. The van der Waals surface area contributed by atoms with Crippen molar-refractivity contribution in [1.82, 2.24) is 4.72 Å². The van der Waals surface area contributed by atoms with E-state index in [2.05, 4.69) is 4.72 Å². The van der Waals surface area contributed by atoms with E-state index >= 15 is 0 Å². The van der Waals surface area contributed by atoms with Crippen LogP contribution in [0.5, 0.6) is 0 Å². The van der Waals surface area contributed by atoms with E-state index in [-0.39, 0.29) is 15.0 Å². The highest BCUT2D eigenvalue weighted by atomic mass is 32.2. The van der Waals surface area contributed by atoms with Crippen molar-refractivity contribution in [3.8, 4) is 0 Å². The first-order valence-electron chi connectivity index (χ1n) is 5.07. The van der Waals surface area contributed by atoms with Crippen molar-refractivity contribution in [3.63, 3.8) is 0 Å². The van der Waals surface area contributed by atoms with Crippen LogP contribution in [0.25, 0.3) is 0 Å². The molecule has 17 heavy (non-hydrogen) atoms. The second kappa shape index (κ2) is 5.16. The van der Waals surface area contributed by atoms with E-state index in [9.17, 15) is 13.2 Å². The molecule has 0 saturated heterocycles. The molecule has 2 N–H and O–H groups in total. The lowest BCUT2D eigenvalue weighted by Gasteiger charge is -2.02. The topological polar surface area (TPSA) is 83.5 Å². The maximum atomic E-state index is 11.6. The molecule has 1 aromatic heterocycles. The van der Waals surface area contributed by atoms with Gasteiger partial charge in [-0.3, -0.25) is 0 Å². The van der Waals surface area contributed by atoms with Gasteiger partial charge in [-0.15, -0.1) is 11.3 Å². The maximum Gasteiger partial charge on any atom is 0.346 e. The molecule has 0 saturated carbocycles. The zero-order valence-corrected chi connectivity index (χ0v) is 11.5. The number of thiophene rings is 1. The Morgan fingerprint density at radius 1 is 1.53 bits per heavy atom. The lowest BCUT2D eigenvalue weighted by atomic mass is 10.0. The molecule has 0 aliphatic heterocycles. The molecule has 1 heterocycles. The van der Waals surface area contributed by atoms with Gasteiger partial charge in [0.25, 0.3) is 0 Å². The Hall–Kier alpha value is -0.920. The summed E-state index contributed by atoms with van der Waals surface area (Å²) in [5.41, 5.74) is 0.575. The number of aromatic carboxylic acids is 1. The molecule has 1 rings (SSSR count). The summed E-state index contributed by atoms with van der Waals surface area (Å²) in [4.78, 5) is 11.1. The van der Waals surface area contributed by atoms with Crippen molar-refractivity contribution in [1.29, 1.82) is 0 Å². The minimum atomic E-state index is -3.56. The van der Waals surface area contributed by atoms with Crippen molar-refractivity contribution in [2.45, 2.75) is 24.5 Å². The third kappa shape index (κ3) is 3.27. The van der Waals surface area contributed by atoms with Crippen LogP contribution in [0.3, 0.4) is 0 Å². The predicted octanol–water partition coefficient (Wildman–Crippen LogP) is 1.55. The van der Waals surface area contributed by atoms with Crippen molar-refractivity contribution in [2.24, 2.45) is 5.92 Å². The van der Waals surface area contributed by atoms with Gasteiger partial charge in [0.05, 0.1) is 0 Å². The Labute approximate surface area is 105 Å². The monoisotopic (exact) mass is 277 g/mol. The average molecular weight is 277 g/mol. The Morgan fingerprint density at radius 3 is 2.53 bits per heavy atom. The number of rotatable bonds is 5. The molecule has 0 fully saturated rings. The van der Waals surface area contributed by atoms with Crippen LogP contribution in [0, 0.1) is 5.92 Å². The third-order valence-electron chi connectivity index (χ3n) is 2.14. The third-order valence-corrected chi connectivity index (χ3v) is 5.20. The molecule has 96 valence electrons. The van der Waals surface area contributed by atoms with E-state index < -0.39 is 16.0 Å². The van der Waals surface area contributed by atoms with Gasteiger partial charge in [-0.1, -0.05) is 13.8 Å². The average Bonchev–Trinajstić information content (AvgIpc) is 2.61. The number of hydrogen-bond donors (Lipinski definition) is 2. The molecule has 0 aliphatic carbocycles. The number of sulfonamides is 1. The molecular formula is C10H15NO4S2. The van der Waals surface area contributed by atoms with Crippen LogP contribution in [0.15, 0.2) is 10.3 Å². The van der Waals surface area contributed by atoms with Gasteiger partial charge in [0.1, 0.15) is 9.09 Å². The second-order valence-corrected chi connectivity index (χ2v) is 7.20. The van der Waals surface area contributed by atoms with Gasteiger partial charge in [-0.2, -0.15) is 0 Å². The number of carbonyl (C=O) groups is 1. The maximum absolute atomic E-state index is 11.6. The van der Waals surface area contributed by atoms with E-state index in [4.69, 9.17) is 5.11 Å². The van der Waals surface area contributed by atoms with E-state index in [0.29, 0.717) is 12.0 Å². The van der Waals surface area contributed by atoms with Crippen LogP contribution >= 0.6 is 11.3 Å². The highest BCUT2D eigenvalue weighted by Crippen LogP contribution is 2.28. The van der Waals surface area contributed by atoms with Crippen LogP contribution in [0.1, 0.15) is 29.1 Å². The fourth-order valence-corrected chi connectivity index (χ4v) is 3.61. The molecule has 7 heteroatoms. The molecule has 0 aliphatic rings. The molecule has 0 spiro atoms. The summed E-state index contributed by atoms with van der Waals surface area (Å²) in [5.74, 6) is -0.809. The second-order valence-electron chi connectivity index (χ2n) is 4.03. The lowest BCUT2D eigenvalue weighted by molar-refractivity contribution is 0.0701. The highest BCUT2D eigenvalue weighted by molar-refractivity contribution is 7.91. The molecule has 5 nitrogen and oxygen atoms in total. The largest absolute Gasteiger partial charge is 0.477 e. The van der Waals surface area contributed by atoms with Crippen molar-refractivity contribution < 1.29 is 18.3 Å². The van der Waals surface area contributed by atoms with E-state index in [1.165, 1.54) is 13.1 Å². The molecule has 1 aromatic rings. The van der Waals surface area contributed by atoms with Crippen LogP contribution < -0.4 is 4.72 Å². The first-order chi connectivity index (χ1) is 7.77. The standard InChI is InChI=1S/C10H15NO4S2/c1-6(2)4-7-5-8(17(14,15)11-3)16-9(7)10(12)13/h5-6,11H,4H2,1-3H3,(H,12,13). The summed E-state index contributed by atoms with van der Waals surface area (Å²) in [6, 6.07) is 1.44. The van der Waals surface area contributed by atoms with E-state index in [0.717, 1.165) is 11.3 Å². The molecule has 0 bridgehead atoms. The van der Waals surface area contributed by atoms with Crippen LogP contribution in [0.4, 0.5) is 0 Å². The number of carboxylic acid groups (broad SMARTS) is 1. The van der Waals surface area contributed by atoms with Gasteiger partial charge in [-0.05, 0) is 31.0 Å². The Bertz CT molecular complexity index is 516. The van der Waals surface area contributed by atoms with Crippen molar-refractivity contribution >= 4 is 27.3 Å². The van der Waals surface area contributed by atoms with Gasteiger partial charge < -0.3 is 5.11 Å².